The molecule has 1 aliphatic rings. The summed E-state index contributed by atoms with van der Waals surface area (Å²) >= 11 is 5.80. The molecule has 18 heavy (non-hydrogen) atoms. The molecule has 0 amide bonds. The largest absolute Gasteiger partial charge is 0.467 e. The van der Waals surface area contributed by atoms with Gasteiger partial charge in [0.05, 0.1) is 7.11 Å². The van der Waals surface area contributed by atoms with Crippen LogP contribution in [0.4, 0.5) is 0 Å². The Balaban J connectivity index is 2.18. The van der Waals surface area contributed by atoms with Gasteiger partial charge in [-0.1, -0.05) is 29.8 Å². The summed E-state index contributed by atoms with van der Waals surface area (Å²) in [6, 6.07) is 7.27. The molecule has 0 N–H and O–H groups in total. The molecular weight excluding hydrogens is 250 g/mol. The normalized spacial score (nSPS) is 26.0. The van der Waals surface area contributed by atoms with Crippen LogP contribution in [0, 0.1) is 5.92 Å². The Morgan fingerprint density at radius 1 is 1.56 bits per heavy atom. The second-order valence-electron chi connectivity index (χ2n) is 4.27. The van der Waals surface area contributed by atoms with Crippen molar-refractivity contribution in [1.82, 2.24) is 0 Å². The summed E-state index contributed by atoms with van der Waals surface area (Å²) in [4.78, 5) is 16.1. The molecule has 1 aromatic rings. The number of carbonyl (C=O) groups is 1. The van der Waals surface area contributed by atoms with Gasteiger partial charge < -0.3 is 4.74 Å². The standard InChI is InChI=1S/C14H14ClNO2/c1-3-11-8-14(11,13(17)18-2)16-9-10-4-6-12(15)7-5-10/h3-7,9,11H,1,8H2,2H3/t11-,14-/m0/s1. The zero-order valence-electron chi connectivity index (χ0n) is 10.1. The first-order valence-electron chi connectivity index (χ1n) is 5.64. The lowest BCUT2D eigenvalue weighted by molar-refractivity contribution is -0.143. The van der Waals surface area contributed by atoms with Crippen molar-refractivity contribution >= 4 is 23.8 Å². The number of hydrogen-bond acceptors (Lipinski definition) is 3. The summed E-state index contributed by atoms with van der Waals surface area (Å²) < 4.78 is 4.80. The molecule has 0 radical (unpaired) electrons. The van der Waals surface area contributed by atoms with Crippen molar-refractivity contribution in [3.63, 3.8) is 0 Å². The van der Waals surface area contributed by atoms with Crippen molar-refractivity contribution in [2.45, 2.75) is 12.0 Å². The van der Waals surface area contributed by atoms with Gasteiger partial charge >= 0.3 is 5.97 Å². The van der Waals surface area contributed by atoms with Gasteiger partial charge in [0.2, 0.25) is 0 Å². The number of methoxy groups -OCH3 is 1. The molecule has 0 aliphatic heterocycles. The molecule has 2 rings (SSSR count). The van der Waals surface area contributed by atoms with E-state index < -0.39 is 5.54 Å². The Bertz CT molecular complexity index is 495. The number of esters is 1. The first-order valence-corrected chi connectivity index (χ1v) is 6.02. The number of aliphatic imine (C=N–C) groups is 1. The number of nitrogens with zero attached hydrogens (tertiary/aromatic N) is 1. The summed E-state index contributed by atoms with van der Waals surface area (Å²) in [5.74, 6) is -0.244. The predicted octanol–water partition coefficient (Wildman–Crippen LogP) is 2.88. The van der Waals surface area contributed by atoms with Gasteiger partial charge in [-0.25, -0.2) is 4.79 Å². The Kier molecular flexibility index (Phi) is 3.53. The van der Waals surface area contributed by atoms with Crippen LogP contribution in [-0.4, -0.2) is 24.8 Å². The Hall–Kier alpha value is -1.61. The number of halogens is 1. The fourth-order valence-corrected chi connectivity index (χ4v) is 2.03. The lowest BCUT2D eigenvalue weighted by Crippen LogP contribution is -2.24. The molecule has 2 atom stereocenters. The van der Waals surface area contributed by atoms with E-state index in [4.69, 9.17) is 16.3 Å². The molecule has 4 heteroatoms. The van der Waals surface area contributed by atoms with E-state index in [1.165, 1.54) is 7.11 Å². The molecule has 0 bridgehead atoms. The highest BCUT2D eigenvalue weighted by atomic mass is 35.5. The quantitative estimate of drug-likeness (QED) is 0.476. The molecule has 0 unspecified atom stereocenters. The zero-order valence-corrected chi connectivity index (χ0v) is 10.9. The fraction of sp³-hybridized carbons (Fsp3) is 0.286. The van der Waals surface area contributed by atoms with Gasteiger partial charge in [0, 0.05) is 17.2 Å². The lowest BCUT2D eigenvalue weighted by Gasteiger charge is -2.08. The molecular formula is C14H14ClNO2. The van der Waals surface area contributed by atoms with Crippen LogP contribution in [0.5, 0.6) is 0 Å². The van der Waals surface area contributed by atoms with Crippen molar-refractivity contribution < 1.29 is 9.53 Å². The van der Waals surface area contributed by atoms with E-state index in [2.05, 4.69) is 11.6 Å². The van der Waals surface area contributed by atoms with E-state index in [9.17, 15) is 4.79 Å². The monoisotopic (exact) mass is 263 g/mol. The van der Waals surface area contributed by atoms with Gasteiger partial charge in [0.1, 0.15) is 0 Å². The van der Waals surface area contributed by atoms with E-state index >= 15 is 0 Å². The number of ether oxygens (including phenoxy) is 1. The molecule has 94 valence electrons. The van der Waals surface area contributed by atoms with E-state index in [0.717, 1.165) is 5.56 Å². The van der Waals surface area contributed by atoms with E-state index in [1.54, 1.807) is 24.4 Å². The molecule has 0 aromatic heterocycles. The third-order valence-corrected chi connectivity index (χ3v) is 3.37. The lowest BCUT2D eigenvalue weighted by atomic mass is 10.2. The highest BCUT2D eigenvalue weighted by Crippen LogP contribution is 2.48. The number of rotatable bonds is 4. The maximum atomic E-state index is 11.7. The van der Waals surface area contributed by atoms with E-state index in [1.807, 2.05) is 12.1 Å². The van der Waals surface area contributed by atoms with Gasteiger partial charge in [-0.05, 0) is 24.1 Å². The Labute approximate surface area is 111 Å². The average Bonchev–Trinajstić information content (AvgIpc) is 3.12. The predicted molar refractivity (Wildman–Crippen MR) is 72.1 cm³/mol. The topological polar surface area (TPSA) is 38.7 Å². The third kappa shape index (κ3) is 2.31. The summed E-state index contributed by atoms with van der Waals surface area (Å²) in [5.41, 5.74) is 0.133. The summed E-state index contributed by atoms with van der Waals surface area (Å²) in [6.45, 7) is 3.70. The van der Waals surface area contributed by atoms with Gasteiger partial charge in [0.25, 0.3) is 0 Å². The van der Waals surface area contributed by atoms with Crippen molar-refractivity contribution in [1.29, 1.82) is 0 Å². The van der Waals surface area contributed by atoms with E-state index in [0.29, 0.717) is 11.4 Å². The van der Waals surface area contributed by atoms with Crippen LogP contribution in [0.2, 0.25) is 5.02 Å². The van der Waals surface area contributed by atoms with Crippen molar-refractivity contribution in [2.75, 3.05) is 7.11 Å². The minimum Gasteiger partial charge on any atom is -0.467 e. The molecule has 3 nitrogen and oxygen atoms in total. The highest BCUT2D eigenvalue weighted by Gasteiger charge is 2.59. The molecule has 1 saturated carbocycles. The van der Waals surface area contributed by atoms with Crippen LogP contribution in [0.15, 0.2) is 41.9 Å². The fourth-order valence-electron chi connectivity index (χ4n) is 1.91. The molecule has 0 spiro atoms. The van der Waals surface area contributed by atoms with Crippen molar-refractivity contribution in [2.24, 2.45) is 10.9 Å². The molecule has 1 aliphatic carbocycles. The van der Waals surface area contributed by atoms with Crippen LogP contribution in [0.25, 0.3) is 0 Å². The zero-order chi connectivity index (χ0) is 13.2. The van der Waals surface area contributed by atoms with E-state index in [-0.39, 0.29) is 11.9 Å². The maximum absolute atomic E-state index is 11.7. The summed E-state index contributed by atoms with van der Waals surface area (Å²) in [6.07, 6.45) is 4.08. The third-order valence-electron chi connectivity index (χ3n) is 3.12. The van der Waals surface area contributed by atoms with Crippen LogP contribution in [0.1, 0.15) is 12.0 Å². The molecule has 0 heterocycles. The van der Waals surface area contributed by atoms with Crippen LogP contribution in [-0.2, 0) is 9.53 Å². The molecule has 0 saturated heterocycles. The Morgan fingerprint density at radius 2 is 2.22 bits per heavy atom. The van der Waals surface area contributed by atoms with Crippen molar-refractivity contribution in [3.05, 3.63) is 47.5 Å². The second kappa shape index (κ2) is 4.94. The van der Waals surface area contributed by atoms with Gasteiger partial charge in [-0.15, -0.1) is 6.58 Å². The smallest absolute Gasteiger partial charge is 0.334 e. The molecule has 1 fully saturated rings. The molecule has 1 aromatic carbocycles. The first-order chi connectivity index (χ1) is 8.62. The van der Waals surface area contributed by atoms with Crippen LogP contribution >= 0.6 is 11.6 Å². The second-order valence-corrected chi connectivity index (χ2v) is 4.71. The SMILES string of the molecule is C=C[C@H]1C[C@@]1(N=Cc1ccc(Cl)cc1)C(=O)OC. The summed E-state index contributed by atoms with van der Waals surface area (Å²) in [5, 5.41) is 0.672. The first kappa shape index (κ1) is 12.8. The van der Waals surface area contributed by atoms with Gasteiger partial charge in [0.15, 0.2) is 5.54 Å². The maximum Gasteiger partial charge on any atom is 0.334 e. The summed E-state index contributed by atoms with van der Waals surface area (Å²) in [7, 11) is 1.38. The van der Waals surface area contributed by atoms with Crippen LogP contribution in [0.3, 0.4) is 0 Å². The number of benzene rings is 1. The minimum absolute atomic E-state index is 0.0634. The Morgan fingerprint density at radius 3 is 2.72 bits per heavy atom. The van der Waals surface area contributed by atoms with Gasteiger partial charge in [-0.3, -0.25) is 4.99 Å². The number of hydrogen-bond donors (Lipinski definition) is 0. The number of carbonyl (C=O) groups excluding carboxylic acids is 1. The van der Waals surface area contributed by atoms with Crippen molar-refractivity contribution in [3.8, 4) is 0 Å². The van der Waals surface area contributed by atoms with Crippen LogP contribution < -0.4 is 0 Å². The highest BCUT2D eigenvalue weighted by molar-refractivity contribution is 6.30. The average molecular weight is 264 g/mol. The van der Waals surface area contributed by atoms with Gasteiger partial charge in [-0.2, -0.15) is 0 Å². The minimum atomic E-state index is -0.768.